The van der Waals surface area contributed by atoms with Crippen molar-refractivity contribution in [1.82, 2.24) is 9.38 Å². The van der Waals surface area contributed by atoms with Gasteiger partial charge in [-0.2, -0.15) is 5.26 Å². The molecule has 1 N–H and O–H groups in total. The van der Waals surface area contributed by atoms with Crippen molar-refractivity contribution in [2.75, 3.05) is 7.11 Å². The minimum Gasteiger partial charge on any atom is -0.502 e. The van der Waals surface area contributed by atoms with Crippen LogP contribution in [0.2, 0.25) is 0 Å². The molecular formula is C20H12FN3O3S. The molecule has 2 aromatic carbocycles. The number of nitrogens with zero attached hydrogens (tertiary/aromatic N) is 3. The van der Waals surface area contributed by atoms with Gasteiger partial charge in [-0.25, -0.2) is 9.37 Å². The van der Waals surface area contributed by atoms with Crippen molar-refractivity contribution in [3.8, 4) is 28.8 Å². The fourth-order valence-corrected chi connectivity index (χ4v) is 3.76. The Kier molecular flexibility index (Phi) is 4.29. The molecule has 0 aliphatic carbocycles. The first kappa shape index (κ1) is 17.7. The molecule has 0 aliphatic rings. The van der Waals surface area contributed by atoms with Gasteiger partial charge in [-0.15, -0.1) is 0 Å². The fourth-order valence-electron chi connectivity index (χ4n) is 2.80. The molecule has 2 aromatic heterocycles. The van der Waals surface area contributed by atoms with E-state index in [1.807, 2.05) is 6.07 Å². The number of hydrogen-bond donors (Lipinski definition) is 1. The number of phenols is 1. The molecule has 0 saturated heterocycles. The number of imidazole rings is 1. The van der Waals surface area contributed by atoms with Crippen LogP contribution in [0.5, 0.6) is 11.5 Å². The Hall–Kier alpha value is -3.70. The molecule has 0 aliphatic heterocycles. The number of benzene rings is 2. The molecule has 2 heterocycles. The Morgan fingerprint density at radius 2 is 2.18 bits per heavy atom. The Labute approximate surface area is 162 Å². The third-order valence-corrected chi connectivity index (χ3v) is 5.14. The van der Waals surface area contributed by atoms with Gasteiger partial charge < -0.3 is 9.84 Å². The number of nitriles is 1. The summed E-state index contributed by atoms with van der Waals surface area (Å²) in [6, 6.07) is 11.6. The lowest BCUT2D eigenvalue weighted by Crippen LogP contribution is -2.22. The van der Waals surface area contributed by atoms with Crippen LogP contribution < -0.4 is 14.8 Å². The monoisotopic (exact) mass is 393 g/mol. The third-order valence-electron chi connectivity index (χ3n) is 4.16. The van der Waals surface area contributed by atoms with E-state index in [1.165, 1.54) is 23.7 Å². The quantitative estimate of drug-likeness (QED) is 0.578. The zero-order chi connectivity index (χ0) is 19.8. The molecule has 0 spiro atoms. The minimum absolute atomic E-state index is 0.0142. The van der Waals surface area contributed by atoms with Crippen LogP contribution in [-0.4, -0.2) is 21.6 Å². The van der Waals surface area contributed by atoms with E-state index in [2.05, 4.69) is 11.1 Å². The zero-order valence-electron chi connectivity index (χ0n) is 14.5. The molecule has 0 saturated carbocycles. The number of thiazole rings is 1. The van der Waals surface area contributed by atoms with Gasteiger partial charge in [-0.05, 0) is 35.9 Å². The zero-order valence-corrected chi connectivity index (χ0v) is 15.3. The highest BCUT2D eigenvalue weighted by atomic mass is 32.1. The van der Waals surface area contributed by atoms with Crippen LogP contribution >= 0.6 is 11.3 Å². The third kappa shape index (κ3) is 2.98. The van der Waals surface area contributed by atoms with Crippen LogP contribution in [0.1, 0.15) is 11.1 Å². The van der Waals surface area contributed by atoms with Crippen molar-refractivity contribution in [3.63, 3.8) is 0 Å². The van der Waals surface area contributed by atoms with E-state index in [4.69, 9.17) is 10.00 Å². The van der Waals surface area contributed by atoms with Gasteiger partial charge in [-0.3, -0.25) is 9.20 Å². The summed E-state index contributed by atoms with van der Waals surface area (Å²) in [5.41, 5.74) is 1.93. The summed E-state index contributed by atoms with van der Waals surface area (Å²) in [7, 11) is 1.32. The molecule has 0 fully saturated rings. The largest absolute Gasteiger partial charge is 0.502 e. The highest BCUT2D eigenvalue weighted by Gasteiger charge is 2.12. The molecule has 0 bridgehead atoms. The summed E-state index contributed by atoms with van der Waals surface area (Å²) >= 11 is 1.16. The topological polar surface area (TPSA) is 87.6 Å². The number of aromatic nitrogens is 2. The first-order chi connectivity index (χ1) is 13.5. The van der Waals surface area contributed by atoms with E-state index >= 15 is 0 Å². The molecule has 28 heavy (non-hydrogen) atoms. The van der Waals surface area contributed by atoms with Gasteiger partial charge in [-0.1, -0.05) is 23.5 Å². The SMILES string of the molecule is COc1cc(/C=c2/sc3nc(-c4cccc(C#N)c4)cn3c2=O)cc(F)c1O. The number of halogens is 1. The standard InChI is InChI=1S/C20H12FN3O3S/c1-27-16-7-12(6-14(21)18(16)25)8-17-19(26)24-10-15(23-20(24)28-17)13-4-2-3-11(5-13)9-22/h2-8,10,25H,1H3/b17-8+. The molecule has 6 nitrogen and oxygen atoms in total. The van der Waals surface area contributed by atoms with Gasteiger partial charge in [0.05, 0.1) is 29.0 Å². The van der Waals surface area contributed by atoms with Gasteiger partial charge in [0.25, 0.3) is 5.56 Å². The van der Waals surface area contributed by atoms with Gasteiger partial charge >= 0.3 is 0 Å². The van der Waals surface area contributed by atoms with E-state index in [1.54, 1.807) is 24.4 Å². The Morgan fingerprint density at radius 3 is 2.89 bits per heavy atom. The van der Waals surface area contributed by atoms with Crippen LogP contribution in [-0.2, 0) is 0 Å². The van der Waals surface area contributed by atoms with Crippen LogP contribution in [0.25, 0.3) is 22.3 Å². The lowest BCUT2D eigenvalue weighted by molar-refractivity contribution is 0.357. The number of hydrogen-bond acceptors (Lipinski definition) is 6. The summed E-state index contributed by atoms with van der Waals surface area (Å²) in [6.07, 6.45) is 3.13. The number of fused-ring (bicyclic) bond motifs is 1. The van der Waals surface area contributed by atoms with E-state index in [-0.39, 0.29) is 11.3 Å². The van der Waals surface area contributed by atoms with Crippen LogP contribution in [0, 0.1) is 17.1 Å². The normalized spacial score (nSPS) is 11.7. The first-order valence-corrected chi connectivity index (χ1v) is 8.92. The van der Waals surface area contributed by atoms with Crippen LogP contribution in [0.3, 0.4) is 0 Å². The average molecular weight is 393 g/mol. The second-order valence-corrected chi connectivity index (χ2v) is 6.95. The van der Waals surface area contributed by atoms with Crippen molar-refractivity contribution in [2.45, 2.75) is 0 Å². The predicted molar refractivity (Wildman–Crippen MR) is 103 cm³/mol. The minimum atomic E-state index is -0.834. The Balaban J connectivity index is 1.81. The van der Waals surface area contributed by atoms with Gasteiger partial charge in [0, 0.05) is 11.8 Å². The lowest BCUT2D eigenvalue weighted by Gasteiger charge is -2.04. The summed E-state index contributed by atoms with van der Waals surface area (Å²) < 4.78 is 20.5. The van der Waals surface area contributed by atoms with E-state index in [0.717, 1.165) is 23.0 Å². The fraction of sp³-hybridized carbons (Fsp3) is 0.0500. The number of phenolic OH excluding ortho intramolecular Hbond substituents is 1. The molecule has 4 rings (SSSR count). The maximum Gasteiger partial charge on any atom is 0.274 e. The molecule has 0 radical (unpaired) electrons. The van der Waals surface area contributed by atoms with Gasteiger partial charge in [0.2, 0.25) is 0 Å². The highest BCUT2D eigenvalue weighted by molar-refractivity contribution is 7.15. The summed E-state index contributed by atoms with van der Waals surface area (Å²) in [5, 5.41) is 18.6. The van der Waals surface area contributed by atoms with Crippen molar-refractivity contribution in [2.24, 2.45) is 0 Å². The van der Waals surface area contributed by atoms with Crippen molar-refractivity contribution in [3.05, 3.63) is 74.4 Å². The van der Waals surface area contributed by atoms with E-state index < -0.39 is 11.6 Å². The predicted octanol–water partition coefficient (Wildman–Crippen LogP) is 2.70. The summed E-state index contributed by atoms with van der Waals surface area (Å²) in [6.45, 7) is 0. The van der Waals surface area contributed by atoms with E-state index in [9.17, 15) is 14.3 Å². The van der Waals surface area contributed by atoms with Crippen LogP contribution in [0.4, 0.5) is 4.39 Å². The molecule has 0 atom stereocenters. The highest BCUT2D eigenvalue weighted by Crippen LogP contribution is 2.30. The second-order valence-electron chi connectivity index (χ2n) is 5.94. The maximum absolute atomic E-state index is 13.8. The summed E-state index contributed by atoms with van der Waals surface area (Å²) in [4.78, 5) is 17.6. The Bertz CT molecular complexity index is 1370. The molecule has 0 unspecified atom stereocenters. The Morgan fingerprint density at radius 1 is 1.36 bits per heavy atom. The van der Waals surface area contributed by atoms with Crippen LogP contribution in [0.15, 0.2) is 47.4 Å². The first-order valence-electron chi connectivity index (χ1n) is 8.11. The lowest BCUT2D eigenvalue weighted by atomic mass is 10.1. The maximum atomic E-state index is 13.8. The second kappa shape index (κ2) is 6.79. The van der Waals surface area contributed by atoms with Crippen molar-refractivity contribution in [1.29, 1.82) is 5.26 Å². The smallest absolute Gasteiger partial charge is 0.274 e. The van der Waals surface area contributed by atoms with Crippen molar-refractivity contribution < 1.29 is 14.2 Å². The number of ether oxygens (including phenoxy) is 1. The molecular weight excluding hydrogens is 381 g/mol. The summed E-state index contributed by atoms with van der Waals surface area (Å²) in [5.74, 6) is -1.43. The number of aromatic hydroxyl groups is 1. The molecule has 8 heteroatoms. The number of methoxy groups -OCH3 is 1. The van der Waals surface area contributed by atoms with Gasteiger partial charge in [0.15, 0.2) is 22.3 Å². The van der Waals surface area contributed by atoms with E-state index in [0.29, 0.717) is 26.3 Å². The molecule has 138 valence electrons. The van der Waals surface area contributed by atoms with Crippen molar-refractivity contribution >= 4 is 22.4 Å². The molecule has 0 amide bonds. The van der Waals surface area contributed by atoms with Gasteiger partial charge in [0.1, 0.15) is 0 Å². The molecule has 4 aromatic rings. The average Bonchev–Trinajstić information content (AvgIpc) is 3.24. The number of rotatable bonds is 3.